The van der Waals surface area contributed by atoms with Gasteiger partial charge in [0.25, 0.3) is 5.56 Å². The first kappa shape index (κ1) is 19.1. The summed E-state index contributed by atoms with van der Waals surface area (Å²) in [6, 6.07) is 3.71. The van der Waals surface area contributed by atoms with Gasteiger partial charge in [-0.15, -0.1) is 0 Å². The Morgan fingerprint density at radius 1 is 1.19 bits per heavy atom. The molecule has 0 spiro atoms. The van der Waals surface area contributed by atoms with Crippen LogP contribution in [0.3, 0.4) is 0 Å². The first-order valence-electron chi connectivity index (χ1n) is 8.46. The molecule has 0 aliphatic heterocycles. The number of halogens is 3. The molecule has 3 heterocycles. The summed E-state index contributed by atoms with van der Waals surface area (Å²) < 4.78 is 41.2. The number of alkyl halides is 3. The molecule has 3 aromatic rings. The van der Waals surface area contributed by atoms with E-state index in [0.717, 1.165) is 12.3 Å². The van der Waals surface area contributed by atoms with E-state index in [2.05, 4.69) is 10.1 Å². The van der Waals surface area contributed by atoms with Gasteiger partial charge in [0, 0.05) is 36.9 Å². The zero-order valence-corrected chi connectivity index (χ0v) is 15.1. The van der Waals surface area contributed by atoms with E-state index in [9.17, 15) is 23.1 Å². The second-order valence-electron chi connectivity index (χ2n) is 6.29. The Bertz CT molecular complexity index is 1040. The summed E-state index contributed by atoms with van der Waals surface area (Å²) >= 11 is 0. The monoisotopic (exact) mass is 380 g/mol. The molecule has 0 unspecified atom stereocenters. The summed E-state index contributed by atoms with van der Waals surface area (Å²) in [5, 5.41) is 16.0. The summed E-state index contributed by atoms with van der Waals surface area (Å²) in [5.41, 5.74) is -2.25. The van der Waals surface area contributed by atoms with Crippen LogP contribution in [0.5, 0.6) is 0 Å². The normalized spacial score (nSPS) is 14.5. The van der Waals surface area contributed by atoms with Crippen LogP contribution in [0, 0.1) is 0 Å². The van der Waals surface area contributed by atoms with E-state index in [-0.39, 0.29) is 23.1 Å². The van der Waals surface area contributed by atoms with Crippen LogP contribution in [0.25, 0.3) is 10.9 Å². The fourth-order valence-corrected chi connectivity index (χ4v) is 3.28. The number of nitrogens with zero attached hydrogens (tertiary/aromatic N) is 4. The van der Waals surface area contributed by atoms with Crippen LogP contribution in [-0.4, -0.2) is 24.4 Å². The maximum Gasteiger partial charge on any atom is 0.433 e. The Morgan fingerprint density at radius 2 is 1.89 bits per heavy atom. The van der Waals surface area contributed by atoms with Crippen molar-refractivity contribution in [3.63, 3.8) is 0 Å². The lowest BCUT2D eigenvalue weighted by Gasteiger charge is -2.28. The Labute approximate surface area is 152 Å². The van der Waals surface area contributed by atoms with Crippen LogP contribution < -0.4 is 5.56 Å². The van der Waals surface area contributed by atoms with Gasteiger partial charge in [0.1, 0.15) is 11.3 Å². The lowest BCUT2D eigenvalue weighted by molar-refractivity contribution is -0.141. The number of hydrogen-bond donors (Lipinski definition) is 1. The minimum atomic E-state index is -4.56. The lowest BCUT2D eigenvalue weighted by Crippen LogP contribution is -2.30. The maximum atomic E-state index is 12.8. The molecule has 0 aliphatic rings. The van der Waals surface area contributed by atoms with Crippen molar-refractivity contribution in [1.82, 2.24) is 19.3 Å². The van der Waals surface area contributed by atoms with Gasteiger partial charge in [0.2, 0.25) is 0 Å². The highest BCUT2D eigenvalue weighted by Gasteiger charge is 2.37. The highest BCUT2D eigenvalue weighted by molar-refractivity contribution is 5.82. The third-order valence-electron chi connectivity index (χ3n) is 4.74. The largest absolute Gasteiger partial charge is 0.433 e. The van der Waals surface area contributed by atoms with Crippen LogP contribution in [0.15, 0.2) is 35.4 Å². The van der Waals surface area contributed by atoms with Crippen molar-refractivity contribution in [1.29, 1.82) is 0 Å². The molecule has 6 nitrogen and oxygen atoms in total. The average molecular weight is 380 g/mol. The van der Waals surface area contributed by atoms with Crippen molar-refractivity contribution in [3.05, 3.63) is 57.9 Å². The van der Waals surface area contributed by atoms with Crippen molar-refractivity contribution in [2.45, 2.75) is 38.6 Å². The third-order valence-corrected chi connectivity index (χ3v) is 4.74. The maximum absolute atomic E-state index is 12.8. The SMILES string of the molecule is CCn1ccc2c([C@@](O)(CC)c3ccc(C(F)(F)F)nc3)n(C)nc2c1=O. The molecular formula is C18H19F3N4O2. The van der Waals surface area contributed by atoms with E-state index >= 15 is 0 Å². The molecule has 0 bridgehead atoms. The van der Waals surface area contributed by atoms with Gasteiger partial charge < -0.3 is 9.67 Å². The van der Waals surface area contributed by atoms with Gasteiger partial charge in [-0.3, -0.25) is 14.5 Å². The van der Waals surface area contributed by atoms with Crippen molar-refractivity contribution in [3.8, 4) is 0 Å². The van der Waals surface area contributed by atoms with E-state index in [0.29, 0.717) is 17.6 Å². The fourth-order valence-electron chi connectivity index (χ4n) is 3.28. The van der Waals surface area contributed by atoms with Crippen LogP contribution in [0.4, 0.5) is 13.2 Å². The first-order valence-corrected chi connectivity index (χ1v) is 8.46. The van der Waals surface area contributed by atoms with E-state index in [4.69, 9.17) is 0 Å². The van der Waals surface area contributed by atoms with Gasteiger partial charge in [0.05, 0.1) is 5.69 Å². The highest BCUT2D eigenvalue weighted by atomic mass is 19.4. The molecule has 0 aliphatic carbocycles. The van der Waals surface area contributed by atoms with Gasteiger partial charge >= 0.3 is 6.18 Å². The molecule has 0 amide bonds. The summed E-state index contributed by atoms with van der Waals surface area (Å²) in [5.74, 6) is 0. The highest BCUT2D eigenvalue weighted by Crippen LogP contribution is 2.37. The predicted octanol–water partition coefficient (Wildman–Crippen LogP) is 2.81. The molecule has 27 heavy (non-hydrogen) atoms. The molecule has 0 radical (unpaired) electrons. The summed E-state index contributed by atoms with van der Waals surface area (Å²) in [6.45, 7) is 4.00. The van der Waals surface area contributed by atoms with Gasteiger partial charge in [-0.1, -0.05) is 13.0 Å². The quantitative estimate of drug-likeness (QED) is 0.756. The molecule has 3 rings (SSSR count). The number of rotatable bonds is 4. The molecule has 9 heteroatoms. The second kappa shape index (κ2) is 6.49. The van der Waals surface area contributed by atoms with Crippen molar-refractivity contribution < 1.29 is 18.3 Å². The Balaban J connectivity index is 2.22. The van der Waals surface area contributed by atoms with E-state index in [1.807, 2.05) is 6.92 Å². The average Bonchev–Trinajstić information content (AvgIpc) is 2.98. The molecule has 1 atom stereocenters. The minimum Gasteiger partial charge on any atom is -0.379 e. The summed E-state index contributed by atoms with van der Waals surface area (Å²) in [6.07, 6.45) is -1.78. The zero-order chi connectivity index (χ0) is 20.0. The Morgan fingerprint density at radius 3 is 2.41 bits per heavy atom. The van der Waals surface area contributed by atoms with Crippen LogP contribution in [0.1, 0.15) is 37.2 Å². The molecular weight excluding hydrogens is 361 g/mol. The van der Waals surface area contributed by atoms with Crippen molar-refractivity contribution >= 4 is 10.9 Å². The van der Waals surface area contributed by atoms with E-state index < -0.39 is 17.5 Å². The number of aromatic nitrogens is 4. The van der Waals surface area contributed by atoms with Crippen molar-refractivity contribution in [2.75, 3.05) is 0 Å². The Hall–Kier alpha value is -2.68. The molecule has 0 fully saturated rings. The summed E-state index contributed by atoms with van der Waals surface area (Å²) in [4.78, 5) is 15.9. The minimum absolute atomic E-state index is 0.158. The lowest BCUT2D eigenvalue weighted by atomic mass is 9.87. The summed E-state index contributed by atoms with van der Waals surface area (Å²) in [7, 11) is 1.59. The molecule has 0 saturated heterocycles. The van der Waals surface area contributed by atoms with Gasteiger partial charge in [-0.25, -0.2) is 0 Å². The molecule has 144 valence electrons. The van der Waals surface area contributed by atoms with E-state index in [1.54, 1.807) is 26.2 Å². The smallest absolute Gasteiger partial charge is 0.379 e. The molecule has 3 aromatic heterocycles. The Kier molecular flexibility index (Phi) is 4.59. The van der Waals surface area contributed by atoms with Crippen molar-refractivity contribution in [2.24, 2.45) is 7.05 Å². The molecule has 0 aromatic carbocycles. The van der Waals surface area contributed by atoms with Gasteiger partial charge in [0.15, 0.2) is 5.52 Å². The van der Waals surface area contributed by atoms with Crippen LogP contribution in [-0.2, 0) is 25.4 Å². The van der Waals surface area contributed by atoms with Gasteiger partial charge in [-0.2, -0.15) is 18.3 Å². The zero-order valence-electron chi connectivity index (χ0n) is 15.1. The molecule has 0 saturated carbocycles. The van der Waals surface area contributed by atoms with Crippen LogP contribution in [0.2, 0.25) is 0 Å². The predicted molar refractivity (Wildman–Crippen MR) is 93.2 cm³/mol. The van der Waals surface area contributed by atoms with E-state index in [1.165, 1.54) is 15.3 Å². The number of aryl methyl sites for hydroxylation is 2. The third kappa shape index (κ3) is 3.01. The second-order valence-corrected chi connectivity index (χ2v) is 6.29. The standard InChI is InChI=1S/C18H19F3N4O2/c1-4-17(27,11-6-7-13(22-10-11)18(19,20)21)15-12-8-9-25(5-2)16(26)14(12)23-24(15)3/h6-10,27H,4-5H2,1-3H3/t17-/m1/s1. The number of hydrogen-bond acceptors (Lipinski definition) is 4. The number of fused-ring (bicyclic) bond motifs is 1. The fraction of sp³-hybridized carbons (Fsp3) is 0.389. The molecule has 1 N–H and O–H groups in total. The number of pyridine rings is 2. The van der Waals surface area contributed by atoms with Crippen LogP contribution >= 0.6 is 0 Å². The topological polar surface area (TPSA) is 72.9 Å². The number of aliphatic hydroxyl groups is 1. The first-order chi connectivity index (χ1) is 12.6. The van der Waals surface area contributed by atoms with Gasteiger partial charge in [-0.05, 0) is 25.5 Å².